The quantitative estimate of drug-likeness (QED) is 0.841. The van der Waals surface area contributed by atoms with Crippen molar-refractivity contribution >= 4 is 24.2 Å². The number of amides is 2. The van der Waals surface area contributed by atoms with Gasteiger partial charge in [-0.15, -0.1) is 12.4 Å². The maximum Gasteiger partial charge on any atom is 0.249 e. The Labute approximate surface area is 107 Å². The van der Waals surface area contributed by atoms with Crippen LogP contribution in [0.3, 0.4) is 0 Å². The Morgan fingerprint density at radius 3 is 1.00 bits per heavy atom. The second kappa shape index (κ2) is 5.19. The molecular weight excluding hydrogens is 240 g/mol. The van der Waals surface area contributed by atoms with E-state index in [1.807, 2.05) is 0 Å². The molecule has 5 heteroatoms. The van der Waals surface area contributed by atoms with Gasteiger partial charge in [-0.25, -0.2) is 0 Å². The number of nitrogens with two attached hydrogens (primary N) is 2. The Balaban J connectivity index is 0.00000256. The molecule has 4 nitrogen and oxygen atoms in total. The summed E-state index contributed by atoms with van der Waals surface area (Å²) in [6, 6.07) is 0. The molecule has 0 aliphatic rings. The highest BCUT2D eigenvalue weighted by atomic mass is 35.5. The molecule has 0 radical (unpaired) electrons. The summed E-state index contributed by atoms with van der Waals surface area (Å²) in [5.41, 5.74) is 14.5. The summed E-state index contributed by atoms with van der Waals surface area (Å²) in [5, 5.41) is 0. The Morgan fingerprint density at radius 2 is 0.882 bits per heavy atom. The fraction of sp³-hybridized carbons (Fsp3) is 0.333. The first kappa shape index (κ1) is 15.5. The molecule has 94 valence electrons. The first-order chi connectivity index (χ1) is 7.29. The van der Waals surface area contributed by atoms with E-state index >= 15 is 0 Å². The van der Waals surface area contributed by atoms with E-state index in [-0.39, 0.29) is 12.4 Å². The van der Waals surface area contributed by atoms with E-state index in [0.29, 0.717) is 11.1 Å². The maximum atomic E-state index is 11.3. The van der Waals surface area contributed by atoms with E-state index in [4.69, 9.17) is 11.5 Å². The Hall–Kier alpha value is -1.55. The predicted octanol–water partition coefficient (Wildman–Crippen LogP) is 1.54. The van der Waals surface area contributed by atoms with Crippen molar-refractivity contribution in [2.75, 3.05) is 0 Å². The lowest BCUT2D eigenvalue weighted by molar-refractivity contribution is 0.0986. The van der Waals surface area contributed by atoms with Crippen molar-refractivity contribution in [1.29, 1.82) is 0 Å². The van der Waals surface area contributed by atoms with Crippen LogP contribution >= 0.6 is 12.4 Å². The summed E-state index contributed by atoms with van der Waals surface area (Å²) >= 11 is 0. The summed E-state index contributed by atoms with van der Waals surface area (Å²) in [6.07, 6.45) is 0. The normalized spacial score (nSPS) is 9.65. The minimum absolute atomic E-state index is 0. The van der Waals surface area contributed by atoms with Crippen LogP contribution in [0.5, 0.6) is 0 Å². The largest absolute Gasteiger partial charge is 0.366 e. The van der Waals surface area contributed by atoms with Gasteiger partial charge in [-0.05, 0) is 49.9 Å². The molecule has 0 aliphatic carbocycles. The number of rotatable bonds is 2. The van der Waals surface area contributed by atoms with Gasteiger partial charge >= 0.3 is 0 Å². The second-order valence-electron chi connectivity index (χ2n) is 3.98. The standard InChI is InChI=1S/C12H16N2O2.ClH/c1-5-6(2)10(12(14)16)8(4)7(3)9(5)11(13)15;/h1-4H3,(H2,13,15)(H2,14,16);1H. The molecule has 1 rings (SSSR count). The second-order valence-corrected chi connectivity index (χ2v) is 3.98. The summed E-state index contributed by atoms with van der Waals surface area (Å²) in [7, 11) is 0. The molecule has 1 aromatic carbocycles. The third kappa shape index (κ3) is 2.42. The molecule has 1 aromatic rings. The van der Waals surface area contributed by atoms with Crippen LogP contribution in [-0.4, -0.2) is 11.8 Å². The summed E-state index contributed by atoms with van der Waals surface area (Å²) in [4.78, 5) is 22.7. The van der Waals surface area contributed by atoms with Crippen molar-refractivity contribution in [3.63, 3.8) is 0 Å². The lowest BCUT2D eigenvalue weighted by Gasteiger charge is -2.16. The van der Waals surface area contributed by atoms with Gasteiger partial charge in [0.1, 0.15) is 0 Å². The molecule has 2 amide bonds. The fourth-order valence-corrected chi connectivity index (χ4v) is 2.05. The number of primary amides is 2. The topological polar surface area (TPSA) is 86.2 Å². The van der Waals surface area contributed by atoms with E-state index in [1.165, 1.54) is 0 Å². The Morgan fingerprint density at radius 1 is 0.706 bits per heavy atom. The van der Waals surface area contributed by atoms with Crippen molar-refractivity contribution in [3.05, 3.63) is 33.4 Å². The Bertz CT molecular complexity index is 422. The molecule has 0 saturated heterocycles. The highest BCUT2D eigenvalue weighted by Crippen LogP contribution is 2.25. The van der Waals surface area contributed by atoms with Crippen LogP contribution in [0.25, 0.3) is 0 Å². The molecule has 4 N–H and O–H groups in total. The van der Waals surface area contributed by atoms with Crippen molar-refractivity contribution in [2.24, 2.45) is 11.5 Å². The van der Waals surface area contributed by atoms with Gasteiger partial charge in [-0.1, -0.05) is 0 Å². The van der Waals surface area contributed by atoms with E-state index < -0.39 is 11.8 Å². The number of benzene rings is 1. The van der Waals surface area contributed by atoms with Gasteiger partial charge in [0, 0.05) is 11.1 Å². The highest BCUT2D eigenvalue weighted by Gasteiger charge is 2.20. The first-order valence-electron chi connectivity index (χ1n) is 4.99. The molecule has 0 atom stereocenters. The zero-order chi connectivity index (χ0) is 12.6. The van der Waals surface area contributed by atoms with Gasteiger partial charge < -0.3 is 11.5 Å². The van der Waals surface area contributed by atoms with Crippen LogP contribution in [-0.2, 0) is 0 Å². The van der Waals surface area contributed by atoms with Crippen molar-refractivity contribution in [2.45, 2.75) is 27.7 Å². The van der Waals surface area contributed by atoms with Crippen LogP contribution in [0.15, 0.2) is 0 Å². The summed E-state index contributed by atoms with van der Waals surface area (Å²) < 4.78 is 0. The van der Waals surface area contributed by atoms with Crippen LogP contribution < -0.4 is 11.5 Å². The summed E-state index contributed by atoms with van der Waals surface area (Å²) in [5.74, 6) is -0.950. The molecule has 0 spiro atoms. The molecular formula is C12H17ClN2O2. The molecule has 17 heavy (non-hydrogen) atoms. The number of carbonyl (C=O) groups is 2. The van der Waals surface area contributed by atoms with E-state index in [9.17, 15) is 9.59 Å². The number of hydrogen-bond acceptors (Lipinski definition) is 2. The zero-order valence-corrected chi connectivity index (χ0v) is 11.2. The Kier molecular flexibility index (Phi) is 4.71. The minimum atomic E-state index is -0.475. The average Bonchev–Trinajstić information content (AvgIpc) is 2.14. The first-order valence-corrected chi connectivity index (χ1v) is 4.99. The maximum absolute atomic E-state index is 11.3. The number of hydrogen-bond donors (Lipinski definition) is 2. The van der Waals surface area contributed by atoms with E-state index in [2.05, 4.69) is 0 Å². The number of carbonyl (C=O) groups excluding carboxylic acids is 2. The minimum Gasteiger partial charge on any atom is -0.366 e. The monoisotopic (exact) mass is 256 g/mol. The third-order valence-corrected chi connectivity index (χ3v) is 3.12. The van der Waals surface area contributed by atoms with E-state index in [0.717, 1.165) is 22.3 Å². The smallest absolute Gasteiger partial charge is 0.249 e. The molecule has 0 bridgehead atoms. The van der Waals surface area contributed by atoms with Crippen LogP contribution in [0.4, 0.5) is 0 Å². The van der Waals surface area contributed by atoms with Crippen molar-refractivity contribution < 1.29 is 9.59 Å². The molecule has 0 heterocycles. The van der Waals surface area contributed by atoms with Gasteiger partial charge in [-0.3, -0.25) is 9.59 Å². The van der Waals surface area contributed by atoms with Gasteiger partial charge in [0.05, 0.1) is 0 Å². The van der Waals surface area contributed by atoms with Crippen LogP contribution in [0.2, 0.25) is 0 Å². The SMILES string of the molecule is Cc1c(C)c(C(N)=O)c(C)c(C)c1C(N)=O.Cl. The molecule has 0 unspecified atom stereocenters. The van der Waals surface area contributed by atoms with Crippen LogP contribution in [0, 0.1) is 27.7 Å². The predicted molar refractivity (Wildman–Crippen MR) is 69.7 cm³/mol. The molecule has 0 saturated carbocycles. The lowest BCUT2D eigenvalue weighted by atomic mass is 9.88. The van der Waals surface area contributed by atoms with E-state index in [1.54, 1.807) is 27.7 Å². The average molecular weight is 257 g/mol. The van der Waals surface area contributed by atoms with Crippen LogP contribution in [0.1, 0.15) is 43.0 Å². The zero-order valence-electron chi connectivity index (χ0n) is 10.4. The van der Waals surface area contributed by atoms with Gasteiger partial charge in [0.15, 0.2) is 0 Å². The number of halogens is 1. The lowest BCUT2D eigenvalue weighted by Crippen LogP contribution is -2.21. The fourth-order valence-electron chi connectivity index (χ4n) is 2.05. The highest BCUT2D eigenvalue weighted by molar-refractivity contribution is 6.01. The van der Waals surface area contributed by atoms with Gasteiger partial charge in [0.2, 0.25) is 11.8 Å². The van der Waals surface area contributed by atoms with Crippen molar-refractivity contribution in [1.82, 2.24) is 0 Å². The van der Waals surface area contributed by atoms with Crippen molar-refractivity contribution in [3.8, 4) is 0 Å². The third-order valence-electron chi connectivity index (χ3n) is 3.12. The van der Waals surface area contributed by atoms with Gasteiger partial charge in [-0.2, -0.15) is 0 Å². The molecule has 0 fully saturated rings. The summed E-state index contributed by atoms with van der Waals surface area (Å²) in [6.45, 7) is 7.09. The molecule has 0 aromatic heterocycles. The van der Waals surface area contributed by atoms with Gasteiger partial charge in [0.25, 0.3) is 0 Å². The molecule has 0 aliphatic heterocycles.